The van der Waals surface area contributed by atoms with E-state index in [9.17, 15) is 0 Å². The third kappa shape index (κ3) is 3.20. The molecule has 0 atom stereocenters. The standard InChI is InChI=1S/C14H17N3O2/c1-18-12-4-3-10(5-13(12)19-2)6-14-16-8-11(7-15)9-17-14/h3-5,8-9H,6-7,15H2,1-2H3. The number of ether oxygens (including phenoxy) is 2. The molecule has 5 nitrogen and oxygen atoms in total. The van der Waals surface area contributed by atoms with Crippen molar-refractivity contribution in [2.24, 2.45) is 5.73 Å². The van der Waals surface area contributed by atoms with Crippen LogP contribution in [-0.4, -0.2) is 24.2 Å². The Morgan fingerprint density at radius 1 is 1.00 bits per heavy atom. The second-order valence-corrected chi connectivity index (χ2v) is 4.08. The van der Waals surface area contributed by atoms with Crippen LogP contribution < -0.4 is 15.2 Å². The fourth-order valence-electron chi connectivity index (χ4n) is 1.75. The van der Waals surface area contributed by atoms with E-state index in [0.29, 0.717) is 24.5 Å². The third-order valence-corrected chi connectivity index (χ3v) is 2.80. The average Bonchev–Trinajstić information content (AvgIpc) is 2.48. The fourth-order valence-corrected chi connectivity index (χ4v) is 1.75. The number of nitrogens with zero attached hydrogens (tertiary/aromatic N) is 2. The van der Waals surface area contributed by atoms with E-state index in [1.54, 1.807) is 26.6 Å². The summed E-state index contributed by atoms with van der Waals surface area (Å²) in [5, 5.41) is 0. The summed E-state index contributed by atoms with van der Waals surface area (Å²) in [6.07, 6.45) is 4.15. The van der Waals surface area contributed by atoms with Gasteiger partial charge in [0.1, 0.15) is 5.82 Å². The zero-order valence-electron chi connectivity index (χ0n) is 11.1. The zero-order valence-corrected chi connectivity index (χ0v) is 11.1. The summed E-state index contributed by atoms with van der Waals surface area (Å²) in [6.45, 7) is 0.455. The minimum Gasteiger partial charge on any atom is -0.493 e. The lowest BCUT2D eigenvalue weighted by Gasteiger charge is -2.09. The van der Waals surface area contributed by atoms with Crippen LogP contribution in [0, 0.1) is 0 Å². The molecule has 19 heavy (non-hydrogen) atoms. The number of hydrogen-bond donors (Lipinski definition) is 1. The minimum absolute atomic E-state index is 0.455. The second kappa shape index (κ2) is 6.15. The molecule has 0 aliphatic carbocycles. The lowest BCUT2D eigenvalue weighted by molar-refractivity contribution is 0.354. The van der Waals surface area contributed by atoms with Gasteiger partial charge in [-0.05, 0) is 17.7 Å². The molecule has 0 bridgehead atoms. The highest BCUT2D eigenvalue weighted by molar-refractivity contribution is 5.43. The molecule has 2 N–H and O–H groups in total. The number of methoxy groups -OCH3 is 2. The smallest absolute Gasteiger partial charge is 0.161 e. The van der Waals surface area contributed by atoms with Crippen molar-refractivity contribution in [3.05, 3.63) is 47.5 Å². The van der Waals surface area contributed by atoms with Gasteiger partial charge in [-0.25, -0.2) is 9.97 Å². The summed E-state index contributed by atoms with van der Waals surface area (Å²) in [5.41, 5.74) is 7.51. The molecule has 0 saturated carbocycles. The first-order valence-electron chi connectivity index (χ1n) is 5.97. The van der Waals surface area contributed by atoms with E-state index in [-0.39, 0.29) is 0 Å². The summed E-state index contributed by atoms with van der Waals surface area (Å²) in [6, 6.07) is 5.78. The van der Waals surface area contributed by atoms with Crippen molar-refractivity contribution in [2.45, 2.75) is 13.0 Å². The average molecular weight is 259 g/mol. The minimum atomic E-state index is 0.455. The fraction of sp³-hybridized carbons (Fsp3) is 0.286. The summed E-state index contributed by atoms with van der Waals surface area (Å²) in [5.74, 6) is 2.17. The maximum Gasteiger partial charge on any atom is 0.161 e. The van der Waals surface area contributed by atoms with Crippen LogP contribution in [-0.2, 0) is 13.0 Å². The summed E-state index contributed by atoms with van der Waals surface area (Å²) >= 11 is 0. The van der Waals surface area contributed by atoms with Crippen LogP contribution >= 0.6 is 0 Å². The number of aromatic nitrogens is 2. The molecule has 0 amide bonds. The Bertz CT molecular complexity index is 541. The Labute approximate surface area is 112 Å². The highest BCUT2D eigenvalue weighted by atomic mass is 16.5. The number of nitrogens with two attached hydrogens (primary N) is 1. The molecule has 1 heterocycles. The predicted octanol–water partition coefficient (Wildman–Crippen LogP) is 1.54. The van der Waals surface area contributed by atoms with Crippen molar-refractivity contribution in [1.29, 1.82) is 0 Å². The largest absolute Gasteiger partial charge is 0.493 e. The molecule has 1 aromatic carbocycles. The molecule has 0 aliphatic rings. The normalized spacial score (nSPS) is 10.3. The molecule has 0 radical (unpaired) electrons. The molecule has 0 saturated heterocycles. The van der Waals surface area contributed by atoms with E-state index in [2.05, 4.69) is 9.97 Å². The molecule has 100 valence electrons. The molecule has 0 spiro atoms. The van der Waals surface area contributed by atoms with Gasteiger partial charge in [0.2, 0.25) is 0 Å². The van der Waals surface area contributed by atoms with Gasteiger partial charge in [-0.2, -0.15) is 0 Å². The zero-order chi connectivity index (χ0) is 13.7. The van der Waals surface area contributed by atoms with E-state index in [0.717, 1.165) is 17.0 Å². The van der Waals surface area contributed by atoms with Gasteiger partial charge in [-0.1, -0.05) is 6.07 Å². The molecular formula is C14H17N3O2. The molecule has 0 aliphatic heterocycles. The lowest BCUT2D eigenvalue weighted by atomic mass is 10.1. The number of hydrogen-bond acceptors (Lipinski definition) is 5. The van der Waals surface area contributed by atoms with Gasteiger partial charge in [0.15, 0.2) is 11.5 Å². The SMILES string of the molecule is COc1ccc(Cc2ncc(CN)cn2)cc1OC. The highest BCUT2D eigenvalue weighted by Crippen LogP contribution is 2.28. The van der Waals surface area contributed by atoms with Crippen molar-refractivity contribution in [3.63, 3.8) is 0 Å². The molecule has 0 unspecified atom stereocenters. The van der Waals surface area contributed by atoms with Crippen molar-refractivity contribution in [3.8, 4) is 11.5 Å². The first-order valence-corrected chi connectivity index (χ1v) is 5.97. The Hall–Kier alpha value is -2.14. The highest BCUT2D eigenvalue weighted by Gasteiger charge is 2.06. The maximum atomic E-state index is 5.51. The molecule has 2 aromatic rings. The number of benzene rings is 1. The van der Waals surface area contributed by atoms with E-state index in [1.807, 2.05) is 18.2 Å². The summed E-state index contributed by atoms with van der Waals surface area (Å²) in [4.78, 5) is 8.56. The Balaban J connectivity index is 2.18. The maximum absolute atomic E-state index is 5.51. The van der Waals surface area contributed by atoms with Crippen molar-refractivity contribution < 1.29 is 9.47 Å². The van der Waals surface area contributed by atoms with Crippen molar-refractivity contribution in [1.82, 2.24) is 9.97 Å². The summed E-state index contributed by atoms with van der Waals surface area (Å²) in [7, 11) is 3.24. The van der Waals surface area contributed by atoms with Crippen LogP contribution in [0.1, 0.15) is 17.0 Å². The van der Waals surface area contributed by atoms with Crippen LogP contribution in [0.4, 0.5) is 0 Å². The molecular weight excluding hydrogens is 242 g/mol. The first-order chi connectivity index (χ1) is 9.26. The Morgan fingerprint density at radius 3 is 2.26 bits per heavy atom. The molecule has 2 rings (SSSR count). The van der Waals surface area contributed by atoms with Gasteiger partial charge in [0, 0.05) is 30.9 Å². The van der Waals surface area contributed by atoms with Crippen LogP contribution in [0.2, 0.25) is 0 Å². The number of rotatable bonds is 5. The van der Waals surface area contributed by atoms with E-state index < -0.39 is 0 Å². The predicted molar refractivity (Wildman–Crippen MR) is 72.3 cm³/mol. The topological polar surface area (TPSA) is 70.3 Å². The van der Waals surface area contributed by atoms with E-state index >= 15 is 0 Å². The van der Waals surface area contributed by atoms with Crippen LogP contribution in [0.3, 0.4) is 0 Å². The molecule has 5 heteroatoms. The van der Waals surface area contributed by atoms with Gasteiger partial charge < -0.3 is 15.2 Å². The van der Waals surface area contributed by atoms with Crippen LogP contribution in [0.15, 0.2) is 30.6 Å². The third-order valence-electron chi connectivity index (χ3n) is 2.80. The lowest BCUT2D eigenvalue weighted by Crippen LogP contribution is -2.02. The van der Waals surface area contributed by atoms with Crippen molar-refractivity contribution in [2.75, 3.05) is 14.2 Å². The van der Waals surface area contributed by atoms with Gasteiger partial charge >= 0.3 is 0 Å². The molecule has 0 fully saturated rings. The Kier molecular flexibility index (Phi) is 4.30. The first kappa shape index (κ1) is 13.3. The van der Waals surface area contributed by atoms with Crippen molar-refractivity contribution >= 4 is 0 Å². The van der Waals surface area contributed by atoms with Crippen LogP contribution in [0.5, 0.6) is 11.5 Å². The monoisotopic (exact) mass is 259 g/mol. The van der Waals surface area contributed by atoms with Crippen LogP contribution in [0.25, 0.3) is 0 Å². The van der Waals surface area contributed by atoms with Gasteiger partial charge in [0.05, 0.1) is 14.2 Å². The molecule has 1 aromatic heterocycles. The summed E-state index contributed by atoms with van der Waals surface area (Å²) < 4.78 is 10.5. The Morgan fingerprint density at radius 2 is 1.68 bits per heavy atom. The van der Waals surface area contributed by atoms with Gasteiger partial charge in [0.25, 0.3) is 0 Å². The quantitative estimate of drug-likeness (QED) is 0.882. The van der Waals surface area contributed by atoms with E-state index in [1.165, 1.54) is 0 Å². The van der Waals surface area contributed by atoms with Gasteiger partial charge in [-0.15, -0.1) is 0 Å². The second-order valence-electron chi connectivity index (χ2n) is 4.08. The van der Waals surface area contributed by atoms with Gasteiger partial charge in [-0.3, -0.25) is 0 Å². The van der Waals surface area contributed by atoms with E-state index in [4.69, 9.17) is 15.2 Å².